The largest absolute Gasteiger partial charge is 0.354 e. The lowest BCUT2D eigenvalue weighted by atomic mass is 10.1. The first kappa shape index (κ1) is 21.2. The molecule has 1 aliphatic rings. The summed E-state index contributed by atoms with van der Waals surface area (Å²) in [6, 6.07) is 14.0. The van der Waals surface area contributed by atoms with Crippen LogP contribution in [0.15, 0.2) is 60.8 Å². The number of benzene rings is 2. The molecule has 1 N–H and O–H groups in total. The van der Waals surface area contributed by atoms with Crippen LogP contribution in [0.4, 0.5) is 20.3 Å². The van der Waals surface area contributed by atoms with E-state index in [9.17, 15) is 13.6 Å². The highest BCUT2D eigenvalue weighted by Crippen LogP contribution is 2.19. The molecule has 160 valence electrons. The van der Waals surface area contributed by atoms with Crippen LogP contribution in [0, 0.1) is 11.6 Å². The molecule has 4 rings (SSSR count). The molecule has 3 aromatic rings. The van der Waals surface area contributed by atoms with Crippen molar-refractivity contribution in [3.63, 3.8) is 0 Å². The van der Waals surface area contributed by atoms with Crippen molar-refractivity contribution >= 4 is 29.0 Å². The van der Waals surface area contributed by atoms with E-state index in [4.69, 9.17) is 11.6 Å². The summed E-state index contributed by atoms with van der Waals surface area (Å²) < 4.78 is 26.9. The van der Waals surface area contributed by atoms with Crippen LogP contribution in [-0.4, -0.2) is 42.0 Å². The molecule has 5 nitrogen and oxygen atoms in total. The van der Waals surface area contributed by atoms with Crippen molar-refractivity contribution in [1.82, 2.24) is 9.88 Å². The lowest BCUT2D eigenvalue weighted by Crippen LogP contribution is -2.46. The fourth-order valence-corrected chi connectivity index (χ4v) is 3.60. The summed E-state index contributed by atoms with van der Waals surface area (Å²) in [7, 11) is 0. The Balaban J connectivity index is 1.31. The second kappa shape index (κ2) is 9.41. The second-order valence-corrected chi connectivity index (χ2v) is 7.80. The van der Waals surface area contributed by atoms with Crippen LogP contribution in [0.3, 0.4) is 0 Å². The first-order chi connectivity index (χ1) is 15.0. The molecule has 1 aliphatic heterocycles. The summed E-state index contributed by atoms with van der Waals surface area (Å²) >= 11 is 5.85. The summed E-state index contributed by atoms with van der Waals surface area (Å²) in [4.78, 5) is 21.0. The quantitative estimate of drug-likeness (QED) is 0.628. The van der Waals surface area contributed by atoms with Gasteiger partial charge in [0.2, 0.25) is 0 Å². The zero-order valence-electron chi connectivity index (χ0n) is 16.7. The minimum absolute atomic E-state index is 0.229. The molecule has 1 fully saturated rings. The molecular formula is C23H21ClF2N4O. The summed E-state index contributed by atoms with van der Waals surface area (Å²) in [6.07, 6.45) is 1.63. The lowest BCUT2D eigenvalue weighted by Gasteiger charge is -2.35. The number of rotatable bonds is 5. The van der Waals surface area contributed by atoms with E-state index in [1.54, 1.807) is 30.5 Å². The van der Waals surface area contributed by atoms with Gasteiger partial charge in [-0.2, -0.15) is 0 Å². The van der Waals surface area contributed by atoms with Crippen molar-refractivity contribution in [3.8, 4) is 0 Å². The second-order valence-electron chi connectivity index (χ2n) is 7.37. The van der Waals surface area contributed by atoms with E-state index in [1.807, 2.05) is 12.1 Å². The van der Waals surface area contributed by atoms with Crippen molar-refractivity contribution in [1.29, 1.82) is 0 Å². The van der Waals surface area contributed by atoms with E-state index in [0.717, 1.165) is 38.1 Å². The molecule has 0 bridgehead atoms. The number of piperazine rings is 1. The van der Waals surface area contributed by atoms with Crippen LogP contribution in [-0.2, 0) is 6.54 Å². The van der Waals surface area contributed by atoms with Crippen molar-refractivity contribution in [2.75, 3.05) is 36.4 Å². The third kappa shape index (κ3) is 5.37. The third-order valence-electron chi connectivity index (χ3n) is 5.22. The van der Waals surface area contributed by atoms with Gasteiger partial charge in [-0.3, -0.25) is 9.69 Å². The standard InChI is InChI=1S/C23H21ClF2N4O/c24-18-4-1-16(2-5-18)23(31)28-20-7-8-22(27-14-20)30-11-9-29(10-12-30)15-17-3-6-19(25)13-21(17)26/h1-8,13-14H,9-12,15H2,(H,28,31). The van der Waals surface area contributed by atoms with Gasteiger partial charge >= 0.3 is 0 Å². The molecule has 1 amide bonds. The fraction of sp³-hybridized carbons (Fsp3) is 0.217. The van der Waals surface area contributed by atoms with Crippen molar-refractivity contribution in [2.24, 2.45) is 0 Å². The lowest BCUT2D eigenvalue weighted by molar-refractivity contribution is 0.102. The smallest absolute Gasteiger partial charge is 0.255 e. The maximum atomic E-state index is 13.9. The number of nitrogens with one attached hydrogen (secondary N) is 1. The maximum absolute atomic E-state index is 13.9. The number of anilines is 2. The molecule has 2 aromatic carbocycles. The number of halogens is 3. The van der Waals surface area contributed by atoms with Gasteiger partial charge in [0.15, 0.2) is 0 Å². The van der Waals surface area contributed by atoms with Crippen LogP contribution in [0.1, 0.15) is 15.9 Å². The molecule has 0 unspecified atom stereocenters. The van der Waals surface area contributed by atoms with Gasteiger partial charge in [0.25, 0.3) is 5.91 Å². The molecule has 0 radical (unpaired) electrons. The molecule has 0 spiro atoms. The van der Waals surface area contributed by atoms with Crippen molar-refractivity contribution in [3.05, 3.63) is 88.6 Å². The number of amides is 1. The van der Waals surface area contributed by atoms with Gasteiger partial charge in [-0.1, -0.05) is 17.7 Å². The van der Waals surface area contributed by atoms with Crippen molar-refractivity contribution < 1.29 is 13.6 Å². The first-order valence-electron chi connectivity index (χ1n) is 9.92. The van der Waals surface area contributed by atoms with Gasteiger partial charge in [-0.25, -0.2) is 13.8 Å². The molecular weight excluding hydrogens is 422 g/mol. The van der Waals surface area contributed by atoms with Gasteiger partial charge in [0, 0.05) is 54.9 Å². The highest BCUT2D eigenvalue weighted by Gasteiger charge is 2.19. The van der Waals surface area contributed by atoms with Gasteiger partial charge < -0.3 is 10.2 Å². The number of hydrogen-bond acceptors (Lipinski definition) is 4. The molecule has 31 heavy (non-hydrogen) atoms. The maximum Gasteiger partial charge on any atom is 0.255 e. The number of nitrogens with zero attached hydrogens (tertiary/aromatic N) is 3. The van der Waals surface area contributed by atoms with E-state index in [0.29, 0.717) is 28.4 Å². The Morgan fingerprint density at radius 2 is 1.74 bits per heavy atom. The average molecular weight is 443 g/mol. The average Bonchev–Trinajstić information content (AvgIpc) is 2.77. The Morgan fingerprint density at radius 3 is 2.39 bits per heavy atom. The molecule has 0 aliphatic carbocycles. The van der Waals surface area contributed by atoms with Gasteiger partial charge in [0.1, 0.15) is 17.5 Å². The Morgan fingerprint density at radius 1 is 1.00 bits per heavy atom. The van der Waals surface area contributed by atoms with Crippen LogP contribution in [0.25, 0.3) is 0 Å². The predicted octanol–water partition coefficient (Wildman–Crippen LogP) is 4.59. The number of pyridine rings is 1. The molecule has 0 atom stereocenters. The van der Waals surface area contributed by atoms with Crippen LogP contribution >= 0.6 is 11.6 Å². The molecule has 1 saturated heterocycles. The molecule has 2 heterocycles. The number of aromatic nitrogens is 1. The Labute approximate surface area is 184 Å². The highest BCUT2D eigenvalue weighted by molar-refractivity contribution is 6.30. The Hall–Kier alpha value is -3.03. The Kier molecular flexibility index (Phi) is 6.44. The first-order valence-corrected chi connectivity index (χ1v) is 10.3. The zero-order chi connectivity index (χ0) is 21.8. The third-order valence-corrected chi connectivity index (χ3v) is 5.47. The minimum atomic E-state index is -0.565. The van der Waals surface area contributed by atoms with E-state index in [2.05, 4.69) is 20.1 Å². The van der Waals surface area contributed by atoms with Crippen LogP contribution in [0.2, 0.25) is 5.02 Å². The zero-order valence-corrected chi connectivity index (χ0v) is 17.4. The van der Waals surface area contributed by atoms with Gasteiger partial charge in [-0.05, 0) is 42.5 Å². The summed E-state index contributed by atoms with van der Waals surface area (Å²) in [5.74, 6) is -0.491. The molecule has 8 heteroatoms. The number of hydrogen-bond donors (Lipinski definition) is 1. The summed E-state index contributed by atoms with van der Waals surface area (Å²) in [5.41, 5.74) is 1.62. The van der Waals surface area contributed by atoms with Crippen LogP contribution in [0.5, 0.6) is 0 Å². The fourth-order valence-electron chi connectivity index (χ4n) is 3.48. The number of carbonyl (C=O) groups is 1. The summed E-state index contributed by atoms with van der Waals surface area (Å²) in [5, 5.41) is 3.39. The Bertz CT molecular complexity index is 1050. The predicted molar refractivity (Wildman–Crippen MR) is 117 cm³/mol. The molecule has 0 saturated carbocycles. The van der Waals surface area contributed by atoms with E-state index < -0.39 is 11.6 Å². The van der Waals surface area contributed by atoms with E-state index in [-0.39, 0.29) is 5.91 Å². The number of carbonyl (C=O) groups excluding carboxylic acids is 1. The highest BCUT2D eigenvalue weighted by atomic mass is 35.5. The minimum Gasteiger partial charge on any atom is -0.354 e. The van der Waals surface area contributed by atoms with Gasteiger partial charge in [-0.15, -0.1) is 0 Å². The summed E-state index contributed by atoms with van der Waals surface area (Å²) in [6.45, 7) is 3.42. The topological polar surface area (TPSA) is 48.5 Å². The monoisotopic (exact) mass is 442 g/mol. The van der Waals surface area contributed by atoms with E-state index in [1.165, 1.54) is 12.1 Å². The normalized spacial score (nSPS) is 14.5. The van der Waals surface area contributed by atoms with E-state index >= 15 is 0 Å². The SMILES string of the molecule is O=C(Nc1ccc(N2CCN(Cc3ccc(F)cc3F)CC2)nc1)c1ccc(Cl)cc1. The molecule has 1 aromatic heterocycles. The van der Waals surface area contributed by atoms with Crippen LogP contribution < -0.4 is 10.2 Å². The van der Waals surface area contributed by atoms with Gasteiger partial charge in [0.05, 0.1) is 11.9 Å². The van der Waals surface area contributed by atoms with Crippen molar-refractivity contribution in [2.45, 2.75) is 6.54 Å².